The molecule has 0 saturated heterocycles. The molecule has 0 unspecified atom stereocenters. The van der Waals surface area contributed by atoms with Crippen LogP contribution in [0.2, 0.25) is 0 Å². The normalized spacial score (nSPS) is 10.4. The summed E-state index contributed by atoms with van der Waals surface area (Å²) >= 11 is 0. The minimum Gasteiger partial charge on any atom is -0.463 e. The molecule has 17 heavy (non-hydrogen) atoms. The van der Waals surface area contributed by atoms with Gasteiger partial charge in [0.05, 0.1) is 6.61 Å². The summed E-state index contributed by atoms with van der Waals surface area (Å²) in [6.07, 6.45) is 0.926. The first-order valence-electron chi connectivity index (χ1n) is 5.96. The zero-order valence-electron chi connectivity index (χ0n) is 10.9. The van der Waals surface area contributed by atoms with E-state index in [0.29, 0.717) is 30.4 Å². The zero-order valence-corrected chi connectivity index (χ0v) is 10.9. The minimum absolute atomic E-state index is 0.359. The number of aromatic nitrogens is 3. The summed E-state index contributed by atoms with van der Waals surface area (Å²) in [5.41, 5.74) is 0. The van der Waals surface area contributed by atoms with Crippen LogP contribution in [0.15, 0.2) is 0 Å². The molecule has 0 radical (unpaired) electrons. The topological polar surface area (TPSA) is 72.0 Å². The van der Waals surface area contributed by atoms with Gasteiger partial charge in [-0.2, -0.15) is 15.0 Å². The molecule has 0 aliphatic heterocycles. The van der Waals surface area contributed by atoms with Crippen LogP contribution in [-0.4, -0.2) is 35.2 Å². The molecule has 0 aromatic carbocycles. The van der Waals surface area contributed by atoms with Gasteiger partial charge in [0.15, 0.2) is 0 Å². The number of hydrogen-bond acceptors (Lipinski definition) is 6. The number of nitrogens with zero attached hydrogens (tertiary/aromatic N) is 3. The molecule has 0 bridgehead atoms. The molecular weight excluding hydrogens is 218 g/mol. The molecule has 1 rings (SSSR count). The molecule has 6 heteroatoms. The van der Waals surface area contributed by atoms with Crippen molar-refractivity contribution >= 4 is 11.9 Å². The van der Waals surface area contributed by atoms with Gasteiger partial charge in [-0.15, -0.1) is 0 Å². The molecule has 0 fully saturated rings. The van der Waals surface area contributed by atoms with Gasteiger partial charge in [-0.05, 0) is 12.3 Å². The first-order chi connectivity index (χ1) is 8.15. The maximum Gasteiger partial charge on any atom is 0.323 e. The van der Waals surface area contributed by atoms with Crippen LogP contribution in [0.4, 0.5) is 11.9 Å². The number of nitrogens with one attached hydrogen (secondary N) is 2. The van der Waals surface area contributed by atoms with E-state index in [2.05, 4.69) is 39.4 Å². The summed E-state index contributed by atoms with van der Waals surface area (Å²) in [6, 6.07) is 0.359. The summed E-state index contributed by atoms with van der Waals surface area (Å²) in [6.45, 7) is 7.72. The van der Waals surface area contributed by atoms with Gasteiger partial charge in [-0.1, -0.05) is 20.8 Å². The standard InChI is InChI=1S/C11H21N5O/c1-5-6-17-11-15-9(12-4)14-10(16-11)13-7-8(2)3/h8H,5-7H2,1-4H3,(H2,12,13,14,15,16). The van der Waals surface area contributed by atoms with E-state index >= 15 is 0 Å². The van der Waals surface area contributed by atoms with Gasteiger partial charge in [0.25, 0.3) is 0 Å². The first-order valence-corrected chi connectivity index (χ1v) is 5.96. The van der Waals surface area contributed by atoms with Crippen molar-refractivity contribution in [3.63, 3.8) is 0 Å². The second-order valence-corrected chi connectivity index (χ2v) is 4.14. The van der Waals surface area contributed by atoms with Gasteiger partial charge in [0.1, 0.15) is 0 Å². The van der Waals surface area contributed by atoms with Crippen LogP contribution in [0.3, 0.4) is 0 Å². The molecule has 2 N–H and O–H groups in total. The van der Waals surface area contributed by atoms with Crippen molar-refractivity contribution in [2.45, 2.75) is 27.2 Å². The van der Waals surface area contributed by atoms with Gasteiger partial charge < -0.3 is 15.4 Å². The third-order valence-corrected chi connectivity index (χ3v) is 1.94. The Morgan fingerprint density at radius 1 is 1.18 bits per heavy atom. The fraction of sp³-hybridized carbons (Fsp3) is 0.727. The predicted octanol–water partition coefficient (Wildman–Crippen LogP) is 1.77. The first kappa shape index (κ1) is 13.5. The molecule has 0 saturated carbocycles. The Labute approximate surface area is 102 Å². The maximum atomic E-state index is 5.40. The van der Waals surface area contributed by atoms with Gasteiger partial charge >= 0.3 is 6.01 Å². The number of hydrogen-bond donors (Lipinski definition) is 2. The maximum absolute atomic E-state index is 5.40. The number of ether oxygens (including phenoxy) is 1. The lowest BCUT2D eigenvalue weighted by Gasteiger charge is -2.10. The predicted molar refractivity (Wildman–Crippen MR) is 68.5 cm³/mol. The summed E-state index contributed by atoms with van der Waals surface area (Å²) in [7, 11) is 1.77. The highest BCUT2D eigenvalue weighted by Crippen LogP contribution is 2.11. The number of anilines is 2. The average molecular weight is 239 g/mol. The molecular formula is C11H21N5O. The van der Waals surface area contributed by atoms with E-state index in [-0.39, 0.29) is 0 Å². The van der Waals surface area contributed by atoms with Gasteiger partial charge in [0.2, 0.25) is 11.9 Å². The lowest BCUT2D eigenvalue weighted by Crippen LogP contribution is -2.13. The molecule has 0 spiro atoms. The van der Waals surface area contributed by atoms with Crippen LogP contribution in [0.25, 0.3) is 0 Å². The van der Waals surface area contributed by atoms with Crippen LogP contribution in [-0.2, 0) is 0 Å². The van der Waals surface area contributed by atoms with E-state index in [1.165, 1.54) is 0 Å². The van der Waals surface area contributed by atoms with E-state index < -0.39 is 0 Å². The van der Waals surface area contributed by atoms with Gasteiger partial charge in [0, 0.05) is 13.6 Å². The summed E-state index contributed by atoms with van der Waals surface area (Å²) in [5, 5.41) is 6.04. The van der Waals surface area contributed by atoms with E-state index in [1.54, 1.807) is 7.05 Å². The molecule has 0 amide bonds. The van der Waals surface area contributed by atoms with Crippen molar-refractivity contribution in [2.75, 3.05) is 30.8 Å². The summed E-state index contributed by atoms with van der Waals surface area (Å²) in [5.74, 6) is 1.59. The Balaban J connectivity index is 2.73. The third-order valence-electron chi connectivity index (χ3n) is 1.94. The van der Waals surface area contributed by atoms with E-state index in [9.17, 15) is 0 Å². The molecule has 6 nitrogen and oxygen atoms in total. The van der Waals surface area contributed by atoms with Crippen LogP contribution in [0.5, 0.6) is 6.01 Å². The van der Waals surface area contributed by atoms with Crippen LogP contribution < -0.4 is 15.4 Å². The Bertz CT molecular complexity index is 343. The second-order valence-electron chi connectivity index (χ2n) is 4.14. The highest BCUT2D eigenvalue weighted by molar-refractivity contribution is 5.35. The highest BCUT2D eigenvalue weighted by atomic mass is 16.5. The van der Waals surface area contributed by atoms with Crippen LogP contribution in [0.1, 0.15) is 27.2 Å². The molecule has 1 aromatic heterocycles. The van der Waals surface area contributed by atoms with Gasteiger partial charge in [-0.25, -0.2) is 0 Å². The van der Waals surface area contributed by atoms with Crippen LogP contribution >= 0.6 is 0 Å². The Morgan fingerprint density at radius 3 is 2.47 bits per heavy atom. The van der Waals surface area contributed by atoms with Gasteiger partial charge in [-0.3, -0.25) is 0 Å². The molecule has 1 heterocycles. The minimum atomic E-state index is 0.359. The fourth-order valence-electron chi connectivity index (χ4n) is 1.10. The SMILES string of the molecule is CCCOc1nc(NC)nc(NCC(C)C)n1. The van der Waals surface area contributed by atoms with Crippen molar-refractivity contribution in [3.8, 4) is 6.01 Å². The quantitative estimate of drug-likeness (QED) is 0.755. The third kappa shape index (κ3) is 4.84. The second kappa shape index (κ2) is 6.88. The van der Waals surface area contributed by atoms with Crippen LogP contribution in [0, 0.1) is 5.92 Å². The zero-order chi connectivity index (χ0) is 12.7. The lowest BCUT2D eigenvalue weighted by molar-refractivity contribution is 0.292. The fourth-order valence-corrected chi connectivity index (χ4v) is 1.10. The molecule has 1 aromatic rings. The molecule has 0 aliphatic rings. The Kier molecular flexibility index (Phi) is 5.45. The smallest absolute Gasteiger partial charge is 0.323 e. The number of rotatable bonds is 7. The molecule has 0 atom stereocenters. The summed E-state index contributed by atoms with van der Waals surface area (Å²) in [4.78, 5) is 12.5. The Morgan fingerprint density at radius 2 is 1.88 bits per heavy atom. The van der Waals surface area contributed by atoms with Crippen molar-refractivity contribution in [2.24, 2.45) is 5.92 Å². The largest absolute Gasteiger partial charge is 0.463 e. The van der Waals surface area contributed by atoms with Crippen molar-refractivity contribution in [3.05, 3.63) is 0 Å². The molecule has 96 valence electrons. The lowest BCUT2D eigenvalue weighted by atomic mass is 10.2. The van der Waals surface area contributed by atoms with Crippen molar-refractivity contribution in [1.82, 2.24) is 15.0 Å². The van der Waals surface area contributed by atoms with E-state index in [4.69, 9.17) is 4.74 Å². The molecule has 0 aliphatic carbocycles. The Hall–Kier alpha value is -1.59. The van der Waals surface area contributed by atoms with Crippen molar-refractivity contribution in [1.29, 1.82) is 0 Å². The van der Waals surface area contributed by atoms with Crippen molar-refractivity contribution < 1.29 is 4.74 Å². The summed E-state index contributed by atoms with van der Waals surface area (Å²) < 4.78 is 5.40. The monoisotopic (exact) mass is 239 g/mol. The van der Waals surface area contributed by atoms with E-state index in [0.717, 1.165) is 13.0 Å². The average Bonchev–Trinajstić information content (AvgIpc) is 2.33. The van der Waals surface area contributed by atoms with E-state index in [1.807, 2.05) is 6.92 Å². The highest BCUT2D eigenvalue weighted by Gasteiger charge is 2.06.